The van der Waals surface area contributed by atoms with E-state index in [1.54, 1.807) is 32.0 Å². The molecule has 1 aromatic rings. The topological polar surface area (TPSA) is 75.3 Å². The lowest BCUT2D eigenvalue weighted by Crippen LogP contribution is -2.35. The molecule has 2 N–H and O–H groups in total. The van der Waals surface area contributed by atoms with Gasteiger partial charge in [0.05, 0.1) is 5.69 Å². The summed E-state index contributed by atoms with van der Waals surface area (Å²) in [6, 6.07) is 6.18. The van der Waals surface area contributed by atoms with Gasteiger partial charge < -0.3 is 0 Å². The molecule has 0 bridgehead atoms. The molecule has 0 fully saturated rings. The van der Waals surface area contributed by atoms with Crippen molar-refractivity contribution >= 4 is 22.2 Å². The Morgan fingerprint density at radius 1 is 1.25 bits per heavy atom. The number of benzene rings is 1. The molecule has 0 aliphatic heterocycles. The fourth-order valence-electron chi connectivity index (χ4n) is 1.18. The highest BCUT2D eigenvalue weighted by Gasteiger charge is 2.12. The number of anilines is 1. The molecule has 88 valence electrons. The molecule has 5 nitrogen and oxygen atoms in total. The third-order valence-electron chi connectivity index (χ3n) is 1.72. The Morgan fingerprint density at radius 3 is 2.44 bits per heavy atom. The van der Waals surface area contributed by atoms with E-state index in [9.17, 15) is 13.2 Å². The minimum atomic E-state index is -3.63. The molecule has 1 aromatic carbocycles. The molecular formula is C10H14N2O3S. The predicted octanol–water partition coefficient (Wildman–Crippen LogP) is 1.15. The van der Waals surface area contributed by atoms with Crippen LogP contribution in [0.3, 0.4) is 0 Å². The maximum Gasteiger partial charge on any atom is 0.299 e. The van der Waals surface area contributed by atoms with E-state index in [1.807, 2.05) is 0 Å². The summed E-state index contributed by atoms with van der Waals surface area (Å²) in [5.74, 6) is 0. The highest BCUT2D eigenvalue weighted by atomic mass is 32.2. The van der Waals surface area contributed by atoms with Crippen LogP contribution in [-0.4, -0.2) is 20.7 Å². The standard InChI is InChI=1S/C10H14N2O3S/c1-8(2)11-16(14,15)12-10-6-4-3-5-9(10)7-13/h3-8,11-12H,1-2H3. The van der Waals surface area contributed by atoms with E-state index in [0.29, 0.717) is 11.8 Å². The Bertz CT molecular complexity index is 469. The van der Waals surface area contributed by atoms with Crippen molar-refractivity contribution in [2.75, 3.05) is 4.72 Å². The molecule has 0 heterocycles. The van der Waals surface area contributed by atoms with Crippen LogP contribution in [0.5, 0.6) is 0 Å². The molecule has 0 unspecified atom stereocenters. The van der Waals surface area contributed by atoms with Gasteiger partial charge in [0.25, 0.3) is 10.2 Å². The van der Waals surface area contributed by atoms with Crippen molar-refractivity contribution in [2.45, 2.75) is 19.9 Å². The molecule has 0 aliphatic rings. The van der Waals surface area contributed by atoms with E-state index in [0.717, 1.165) is 0 Å². The van der Waals surface area contributed by atoms with Crippen molar-refractivity contribution in [1.82, 2.24) is 4.72 Å². The fourth-order valence-corrected chi connectivity index (χ4v) is 2.33. The summed E-state index contributed by atoms with van der Waals surface area (Å²) < 4.78 is 27.7. The van der Waals surface area contributed by atoms with E-state index in [4.69, 9.17) is 0 Å². The normalized spacial score (nSPS) is 11.4. The minimum Gasteiger partial charge on any atom is -0.298 e. The summed E-state index contributed by atoms with van der Waals surface area (Å²) in [5, 5.41) is 0. The third kappa shape index (κ3) is 3.63. The maximum atomic E-state index is 11.5. The Balaban J connectivity index is 2.92. The average molecular weight is 242 g/mol. The molecule has 0 aromatic heterocycles. The summed E-state index contributed by atoms with van der Waals surface area (Å²) in [5.41, 5.74) is 0.572. The first-order valence-electron chi connectivity index (χ1n) is 4.79. The van der Waals surface area contributed by atoms with E-state index >= 15 is 0 Å². The van der Waals surface area contributed by atoms with E-state index in [2.05, 4.69) is 9.44 Å². The van der Waals surface area contributed by atoms with Crippen molar-refractivity contribution in [1.29, 1.82) is 0 Å². The van der Waals surface area contributed by atoms with Crippen LogP contribution in [-0.2, 0) is 10.2 Å². The lowest BCUT2D eigenvalue weighted by molar-refractivity contribution is 0.112. The Kier molecular flexibility index (Phi) is 4.03. The van der Waals surface area contributed by atoms with Gasteiger partial charge in [-0.25, -0.2) is 0 Å². The summed E-state index contributed by atoms with van der Waals surface area (Å²) in [7, 11) is -3.63. The number of rotatable bonds is 5. The van der Waals surface area contributed by atoms with Gasteiger partial charge in [-0.3, -0.25) is 9.52 Å². The molecule has 0 spiro atoms. The van der Waals surface area contributed by atoms with E-state index < -0.39 is 10.2 Å². The largest absolute Gasteiger partial charge is 0.299 e. The van der Waals surface area contributed by atoms with Gasteiger partial charge in [0.15, 0.2) is 6.29 Å². The van der Waals surface area contributed by atoms with Crippen molar-refractivity contribution in [3.05, 3.63) is 29.8 Å². The molecule has 0 radical (unpaired) electrons. The fraction of sp³-hybridized carbons (Fsp3) is 0.300. The number of carbonyl (C=O) groups excluding carboxylic acids is 1. The predicted molar refractivity (Wildman–Crippen MR) is 62.6 cm³/mol. The first-order valence-corrected chi connectivity index (χ1v) is 6.27. The number of aldehydes is 1. The molecular weight excluding hydrogens is 228 g/mol. The van der Waals surface area contributed by atoms with E-state index in [-0.39, 0.29) is 11.7 Å². The second kappa shape index (κ2) is 5.09. The zero-order valence-electron chi connectivity index (χ0n) is 9.10. The Morgan fingerprint density at radius 2 is 1.88 bits per heavy atom. The third-order valence-corrected chi connectivity index (χ3v) is 2.99. The average Bonchev–Trinajstić information content (AvgIpc) is 2.15. The summed E-state index contributed by atoms with van der Waals surface area (Å²) in [6.07, 6.45) is 0.604. The zero-order valence-corrected chi connectivity index (χ0v) is 9.91. The van der Waals surface area contributed by atoms with Crippen LogP contribution >= 0.6 is 0 Å². The van der Waals surface area contributed by atoms with Gasteiger partial charge in [-0.05, 0) is 26.0 Å². The van der Waals surface area contributed by atoms with Crippen LogP contribution in [0.15, 0.2) is 24.3 Å². The van der Waals surface area contributed by atoms with Crippen LogP contribution in [0, 0.1) is 0 Å². The first kappa shape index (κ1) is 12.7. The van der Waals surface area contributed by atoms with Crippen molar-refractivity contribution in [3.8, 4) is 0 Å². The molecule has 0 atom stereocenters. The van der Waals surface area contributed by atoms with Crippen LogP contribution in [0.1, 0.15) is 24.2 Å². The molecule has 0 amide bonds. The van der Waals surface area contributed by atoms with Crippen molar-refractivity contribution in [2.24, 2.45) is 0 Å². The highest BCUT2D eigenvalue weighted by Crippen LogP contribution is 2.13. The van der Waals surface area contributed by atoms with Gasteiger partial charge in [-0.1, -0.05) is 12.1 Å². The minimum absolute atomic E-state index is 0.208. The van der Waals surface area contributed by atoms with Gasteiger partial charge in [0.2, 0.25) is 0 Å². The molecule has 0 aliphatic carbocycles. The van der Waals surface area contributed by atoms with Gasteiger partial charge >= 0.3 is 0 Å². The van der Waals surface area contributed by atoms with Crippen LogP contribution < -0.4 is 9.44 Å². The quantitative estimate of drug-likeness (QED) is 0.761. The number of carbonyl (C=O) groups is 1. The summed E-state index contributed by atoms with van der Waals surface area (Å²) in [4.78, 5) is 10.7. The number of nitrogens with one attached hydrogen (secondary N) is 2. The highest BCUT2D eigenvalue weighted by molar-refractivity contribution is 7.90. The first-order chi connectivity index (χ1) is 7.44. The second-order valence-corrected chi connectivity index (χ2v) is 5.03. The lowest BCUT2D eigenvalue weighted by atomic mass is 10.2. The zero-order chi connectivity index (χ0) is 12.2. The van der Waals surface area contributed by atoms with Crippen LogP contribution in [0.2, 0.25) is 0 Å². The summed E-state index contributed by atoms with van der Waals surface area (Å²) in [6.45, 7) is 3.43. The molecule has 0 saturated heterocycles. The maximum absolute atomic E-state index is 11.5. The monoisotopic (exact) mass is 242 g/mol. The number of hydrogen-bond donors (Lipinski definition) is 2. The van der Waals surface area contributed by atoms with Crippen LogP contribution in [0.4, 0.5) is 5.69 Å². The molecule has 6 heteroatoms. The van der Waals surface area contributed by atoms with E-state index in [1.165, 1.54) is 6.07 Å². The van der Waals surface area contributed by atoms with Gasteiger partial charge in [0, 0.05) is 11.6 Å². The number of para-hydroxylation sites is 1. The van der Waals surface area contributed by atoms with Gasteiger partial charge in [0.1, 0.15) is 0 Å². The van der Waals surface area contributed by atoms with Gasteiger partial charge in [-0.15, -0.1) is 0 Å². The van der Waals surface area contributed by atoms with Crippen LogP contribution in [0.25, 0.3) is 0 Å². The van der Waals surface area contributed by atoms with Gasteiger partial charge in [-0.2, -0.15) is 13.1 Å². The van der Waals surface area contributed by atoms with Crippen molar-refractivity contribution < 1.29 is 13.2 Å². The Hall–Kier alpha value is -1.40. The second-order valence-electron chi connectivity index (χ2n) is 3.58. The summed E-state index contributed by atoms with van der Waals surface area (Å²) >= 11 is 0. The SMILES string of the molecule is CC(C)NS(=O)(=O)Nc1ccccc1C=O. The lowest BCUT2D eigenvalue weighted by Gasteiger charge is -2.12. The van der Waals surface area contributed by atoms with Crippen molar-refractivity contribution in [3.63, 3.8) is 0 Å². The number of hydrogen-bond acceptors (Lipinski definition) is 3. The molecule has 16 heavy (non-hydrogen) atoms. The molecule has 0 saturated carbocycles. The smallest absolute Gasteiger partial charge is 0.298 e. The Labute approximate surface area is 95.0 Å². The molecule has 1 rings (SSSR count).